The Morgan fingerprint density at radius 1 is 1.38 bits per heavy atom. The lowest BCUT2D eigenvalue weighted by atomic mass is 10.1. The highest BCUT2D eigenvalue weighted by Gasteiger charge is 2.36. The van der Waals surface area contributed by atoms with Crippen LogP contribution in [0.1, 0.15) is 15.7 Å². The van der Waals surface area contributed by atoms with Crippen LogP contribution < -0.4 is 0 Å². The maximum Gasteiger partial charge on any atom is 0.227 e. The summed E-state index contributed by atoms with van der Waals surface area (Å²) in [6, 6.07) is 7.74. The largest absolute Gasteiger partial charge is 0.340 e. The van der Waals surface area contributed by atoms with Crippen molar-refractivity contribution < 1.29 is 17.6 Å². The molecule has 1 amide bonds. The first-order valence-corrected chi connectivity index (χ1v) is 10.3. The summed E-state index contributed by atoms with van der Waals surface area (Å²) in [5.41, 5.74) is 0.604. The van der Waals surface area contributed by atoms with E-state index >= 15 is 0 Å². The van der Waals surface area contributed by atoms with Crippen molar-refractivity contribution in [1.82, 2.24) is 4.90 Å². The van der Waals surface area contributed by atoms with Gasteiger partial charge in [0.2, 0.25) is 5.91 Å². The number of nitrogens with zero attached hydrogens (tertiary/aromatic N) is 1. The van der Waals surface area contributed by atoms with Crippen LogP contribution in [-0.2, 0) is 21.1 Å². The molecule has 1 unspecified atom stereocenters. The molecule has 128 valence electrons. The predicted molar refractivity (Wildman–Crippen MR) is 92.5 cm³/mol. The smallest absolute Gasteiger partial charge is 0.227 e. The van der Waals surface area contributed by atoms with Gasteiger partial charge in [-0.15, -0.1) is 11.3 Å². The molecule has 24 heavy (non-hydrogen) atoms. The molecule has 0 aliphatic carbocycles. The summed E-state index contributed by atoms with van der Waals surface area (Å²) in [4.78, 5) is 14.8. The Balaban J connectivity index is 1.75. The van der Waals surface area contributed by atoms with E-state index in [4.69, 9.17) is 11.6 Å². The monoisotopic (exact) mass is 387 g/mol. The van der Waals surface area contributed by atoms with Gasteiger partial charge >= 0.3 is 0 Å². The van der Waals surface area contributed by atoms with Crippen molar-refractivity contribution in [2.75, 3.05) is 18.8 Å². The molecule has 2 aromatic rings. The van der Waals surface area contributed by atoms with E-state index in [9.17, 15) is 17.6 Å². The normalized spacial score (nSPS) is 20.1. The molecule has 3 rings (SSSR count). The quantitative estimate of drug-likeness (QED) is 0.813. The minimum absolute atomic E-state index is 0.0296. The van der Waals surface area contributed by atoms with Gasteiger partial charge < -0.3 is 4.90 Å². The third-order valence-corrected chi connectivity index (χ3v) is 7.46. The number of carbonyl (C=O) groups excluding carboxylic acids is 1. The molecule has 0 saturated carbocycles. The maximum atomic E-state index is 13.2. The topological polar surface area (TPSA) is 54.5 Å². The number of rotatable bonds is 3. The molecule has 1 fully saturated rings. The van der Waals surface area contributed by atoms with Gasteiger partial charge in [-0.1, -0.05) is 23.7 Å². The van der Waals surface area contributed by atoms with E-state index in [-0.39, 0.29) is 36.2 Å². The van der Waals surface area contributed by atoms with Crippen LogP contribution in [-0.4, -0.2) is 38.1 Å². The maximum absolute atomic E-state index is 13.2. The minimum Gasteiger partial charge on any atom is -0.340 e. The number of thiophene rings is 1. The predicted octanol–water partition coefficient (Wildman–Crippen LogP) is 3.08. The number of hydrogen-bond donors (Lipinski definition) is 0. The number of carbonyl (C=O) groups is 1. The van der Waals surface area contributed by atoms with Gasteiger partial charge in [-0.25, -0.2) is 12.8 Å². The van der Waals surface area contributed by atoms with Crippen LogP contribution in [0.25, 0.3) is 0 Å². The first-order valence-electron chi connectivity index (χ1n) is 7.33. The van der Waals surface area contributed by atoms with Crippen molar-refractivity contribution in [1.29, 1.82) is 0 Å². The highest BCUT2D eigenvalue weighted by Crippen LogP contribution is 2.31. The van der Waals surface area contributed by atoms with Crippen molar-refractivity contribution in [3.8, 4) is 0 Å². The van der Waals surface area contributed by atoms with Gasteiger partial charge in [0.15, 0.2) is 9.84 Å². The van der Waals surface area contributed by atoms with Crippen LogP contribution in [0.4, 0.5) is 4.39 Å². The number of halogens is 2. The van der Waals surface area contributed by atoms with Gasteiger partial charge in [-0.2, -0.15) is 0 Å². The SMILES string of the molecule is O=C(Cc1ccc(F)c(Cl)c1)N1CCS(=O)(=O)C(c2cccs2)C1. The second-order valence-corrected chi connectivity index (χ2v) is 9.33. The zero-order chi connectivity index (χ0) is 17.3. The van der Waals surface area contributed by atoms with Crippen molar-refractivity contribution >= 4 is 38.7 Å². The highest BCUT2D eigenvalue weighted by atomic mass is 35.5. The van der Waals surface area contributed by atoms with Crippen LogP contribution in [0.15, 0.2) is 35.7 Å². The molecule has 0 N–H and O–H groups in total. The van der Waals surface area contributed by atoms with E-state index in [0.717, 1.165) is 4.88 Å². The molecule has 1 atom stereocenters. The van der Waals surface area contributed by atoms with Gasteiger partial charge in [0.25, 0.3) is 0 Å². The molecule has 1 aliphatic rings. The lowest BCUT2D eigenvalue weighted by Crippen LogP contribution is -2.45. The first-order chi connectivity index (χ1) is 11.4. The van der Waals surface area contributed by atoms with Crippen LogP contribution in [0.2, 0.25) is 5.02 Å². The zero-order valence-corrected chi connectivity index (χ0v) is 15.0. The Hall–Kier alpha value is -1.44. The minimum atomic E-state index is -3.25. The molecule has 1 aromatic carbocycles. The van der Waals surface area contributed by atoms with Crippen molar-refractivity contribution in [2.45, 2.75) is 11.7 Å². The Bertz CT molecular complexity index is 852. The standard InChI is InChI=1S/C16H15ClFNO3S2/c17-12-8-11(3-4-13(12)18)9-16(20)19-5-7-24(21,22)15(10-19)14-2-1-6-23-14/h1-4,6,8,15H,5,7,9-10H2. The van der Waals surface area contributed by atoms with Crippen molar-refractivity contribution in [3.63, 3.8) is 0 Å². The van der Waals surface area contributed by atoms with E-state index in [2.05, 4.69) is 0 Å². The molecule has 1 aliphatic heterocycles. The van der Waals surface area contributed by atoms with E-state index in [1.165, 1.54) is 29.5 Å². The molecule has 2 heterocycles. The van der Waals surface area contributed by atoms with E-state index in [1.54, 1.807) is 17.0 Å². The first kappa shape index (κ1) is 17.4. The number of hydrogen-bond acceptors (Lipinski definition) is 4. The number of benzene rings is 1. The van der Waals surface area contributed by atoms with Crippen LogP contribution in [0, 0.1) is 5.82 Å². The summed E-state index contributed by atoms with van der Waals surface area (Å²) < 4.78 is 37.8. The second kappa shape index (κ2) is 6.82. The Morgan fingerprint density at radius 2 is 2.17 bits per heavy atom. The summed E-state index contributed by atoms with van der Waals surface area (Å²) in [6.07, 6.45) is 0.0667. The Kier molecular flexibility index (Phi) is 4.94. The van der Waals surface area contributed by atoms with Crippen LogP contribution >= 0.6 is 22.9 Å². The van der Waals surface area contributed by atoms with Crippen molar-refractivity contribution in [2.24, 2.45) is 0 Å². The number of amides is 1. The fraction of sp³-hybridized carbons (Fsp3) is 0.312. The summed E-state index contributed by atoms with van der Waals surface area (Å²) in [5.74, 6) is -0.769. The Labute approximate surface area is 148 Å². The van der Waals surface area contributed by atoms with Gasteiger partial charge in [0.05, 0.1) is 17.2 Å². The number of sulfone groups is 1. The highest BCUT2D eigenvalue weighted by molar-refractivity contribution is 7.91. The molecule has 0 spiro atoms. The average molecular weight is 388 g/mol. The molecule has 1 saturated heterocycles. The average Bonchev–Trinajstić information content (AvgIpc) is 3.04. The van der Waals surface area contributed by atoms with Gasteiger partial charge in [0.1, 0.15) is 11.1 Å². The zero-order valence-electron chi connectivity index (χ0n) is 12.6. The molecule has 1 aromatic heterocycles. The second-order valence-electron chi connectivity index (χ2n) is 5.64. The molecule has 8 heteroatoms. The summed E-state index contributed by atoms with van der Waals surface area (Å²) in [7, 11) is -3.25. The lowest BCUT2D eigenvalue weighted by Gasteiger charge is -2.32. The van der Waals surface area contributed by atoms with Gasteiger partial charge in [-0.3, -0.25) is 4.79 Å². The Morgan fingerprint density at radius 3 is 2.83 bits per heavy atom. The molecular formula is C16H15ClFNO3S2. The van der Waals surface area contributed by atoms with Crippen LogP contribution in [0.5, 0.6) is 0 Å². The molecule has 0 bridgehead atoms. The fourth-order valence-corrected chi connectivity index (χ4v) is 5.79. The summed E-state index contributed by atoms with van der Waals surface area (Å²) in [5, 5.41) is 1.12. The molecule has 4 nitrogen and oxygen atoms in total. The van der Waals surface area contributed by atoms with E-state index in [1.807, 2.05) is 5.38 Å². The summed E-state index contributed by atoms with van der Waals surface area (Å²) >= 11 is 7.11. The molecular weight excluding hydrogens is 373 g/mol. The lowest BCUT2D eigenvalue weighted by molar-refractivity contribution is -0.130. The third kappa shape index (κ3) is 3.63. The van der Waals surface area contributed by atoms with E-state index in [0.29, 0.717) is 5.56 Å². The third-order valence-electron chi connectivity index (χ3n) is 4.02. The molecule has 0 radical (unpaired) electrons. The fourth-order valence-electron chi connectivity index (χ4n) is 2.69. The van der Waals surface area contributed by atoms with Gasteiger partial charge in [0, 0.05) is 18.0 Å². The van der Waals surface area contributed by atoms with Crippen molar-refractivity contribution in [3.05, 3.63) is 57.0 Å². The summed E-state index contributed by atoms with van der Waals surface area (Å²) in [6.45, 7) is 0.328. The van der Waals surface area contributed by atoms with Gasteiger partial charge in [-0.05, 0) is 29.1 Å². The van der Waals surface area contributed by atoms with Crippen LogP contribution in [0.3, 0.4) is 0 Å². The van der Waals surface area contributed by atoms with E-state index < -0.39 is 20.9 Å².